The zero-order valence-corrected chi connectivity index (χ0v) is 11.9. The molecule has 0 aliphatic carbocycles. The van der Waals surface area contributed by atoms with E-state index in [2.05, 4.69) is 56.4 Å². The van der Waals surface area contributed by atoms with Crippen molar-refractivity contribution in [3.63, 3.8) is 0 Å². The maximum atomic E-state index is 4.26. The first-order valence-electron chi connectivity index (χ1n) is 6.42. The summed E-state index contributed by atoms with van der Waals surface area (Å²) in [6.07, 6.45) is 3.16. The fourth-order valence-corrected chi connectivity index (χ4v) is 2.86. The molecule has 20 heavy (non-hydrogen) atoms. The number of aromatic nitrogens is 4. The molecule has 2 N–H and O–H groups in total. The third kappa shape index (κ3) is 2.91. The Bertz CT molecular complexity index is 682. The summed E-state index contributed by atoms with van der Waals surface area (Å²) in [5.74, 6) is 0.799. The molecule has 5 nitrogen and oxygen atoms in total. The summed E-state index contributed by atoms with van der Waals surface area (Å²) in [6.45, 7) is 3.01. The minimum Gasteiger partial charge on any atom is -0.367 e. The highest BCUT2D eigenvalue weighted by Crippen LogP contribution is 2.23. The van der Waals surface area contributed by atoms with E-state index in [1.807, 2.05) is 17.8 Å². The second-order valence-electron chi connectivity index (χ2n) is 4.45. The number of rotatable bonds is 5. The topological polar surface area (TPSA) is 66.5 Å². The van der Waals surface area contributed by atoms with Crippen LogP contribution in [0.25, 0.3) is 11.2 Å². The standard InChI is InChI=1S/C14H15N5S/c1-10(20-11-5-3-2-4-6-11)7-15-13-12-14(17-8-16-12)19-9-18-13/h2-6,8-10H,7H2,1H3,(H2,15,16,17,18,19). The number of hydrogen-bond acceptors (Lipinski definition) is 5. The third-order valence-electron chi connectivity index (χ3n) is 2.86. The molecule has 0 aliphatic heterocycles. The van der Waals surface area contributed by atoms with Crippen LogP contribution in [-0.4, -0.2) is 31.7 Å². The lowest BCUT2D eigenvalue weighted by atomic mass is 10.4. The van der Waals surface area contributed by atoms with Crippen LogP contribution in [0.1, 0.15) is 6.92 Å². The number of hydrogen-bond donors (Lipinski definition) is 2. The van der Waals surface area contributed by atoms with Gasteiger partial charge in [0.05, 0.1) is 6.33 Å². The first-order valence-corrected chi connectivity index (χ1v) is 7.30. The summed E-state index contributed by atoms with van der Waals surface area (Å²) in [4.78, 5) is 16.8. The molecule has 2 aromatic heterocycles. The Morgan fingerprint density at radius 2 is 2.05 bits per heavy atom. The molecule has 0 saturated heterocycles. The van der Waals surface area contributed by atoms with Crippen LogP contribution in [0.2, 0.25) is 0 Å². The Morgan fingerprint density at radius 1 is 1.20 bits per heavy atom. The van der Waals surface area contributed by atoms with Crippen LogP contribution in [-0.2, 0) is 0 Å². The summed E-state index contributed by atoms with van der Waals surface area (Å²) < 4.78 is 0. The van der Waals surface area contributed by atoms with Crippen LogP contribution in [0.3, 0.4) is 0 Å². The van der Waals surface area contributed by atoms with Crippen molar-refractivity contribution in [1.82, 2.24) is 19.9 Å². The van der Waals surface area contributed by atoms with Gasteiger partial charge in [0.1, 0.15) is 11.8 Å². The highest BCUT2D eigenvalue weighted by Gasteiger charge is 2.08. The Hall–Kier alpha value is -2.08. The average Bonchev–Trinajstić information content (AvgIpc) is 2.95. The summed E-state index contributed by atoms with van der Waals surface area (Å²) in [5, 5.41) is 3.79. The van der Waals surface area contributed by atoms with Gasteiger partial charge in [-0.3, -0.25) is 0 Å². The number of nitrogens with one attached hydrogen (secondary N) is 2. The van der Waals surface area contributed by atoms with E-state index in [9.17, 15) is 0 Å². The summed E-state index contributed by atoms with van der Waals surface area (Å²) in [7, 11) is 0. The molecule has 1 aromatic carbocycles. The van der Waals surface area contributed by atoms with Crippen molar-refractivity contribution in [1.29, 1.82) is 0 Å². The van der Waals surface area contributed by atoms with Gasteiger partial charge in [-0.1, -0.05) is 25.1 Å². The van der Waals surface area contributed by atoms with Gasteiger partial charge in [-0.05, 0) is 12.1 Å². The Labute approximate surface area is 121 Å². The molecule has 2 heterocycles. The summed E-state index contributed by atoms with van der Waals surface area (Å²) in [5.41, 5.74) is 1.54. The molecule has 0 saturated carbocycles. The van der Waals surface area contributed by atoms with Crippen LogP contribution in [0.5, 0.6) is 0 Å². The Morgan fingerprint density at radius 3 is 2.90 bits per heavy atom. The van der Waals surface area contributed by atoms with Crippen LogP contribution in [0.15, 0.2) is 47.9 Å². The maximum Gasteiger partial charge on any atom is 0.182 e. The van der Waals surface area contributed by atoms with Gasteiger partial charge in [0, 0.05) is 16.7 Å². The van der Waals surface area contributed by atoms with Crippen molar-refractivity contribution in [3.05, 3.63) is 43.0 Å². The number of anilines is 1. The molecule has 6 heteroatoms. The van der Waals surface area contributed by atoms with Gasteiger partial charge in [-0.2, -0.15) is 0 Å². The molecule has 0 amide bonds. The molecule has 3 rings (SSSR count). The van der Waals surface area contributed by atoms with Crippen molar-refractivity contribution in [2.75, 3.05) is 11.9 Å². The van der Waals surface area contributed by atoms with E-state index in [4.69, 9.17) is 0 Å². The molecule has 0 bridgehead atoms. The number of imidazole rings is 1. The second kappa shape index (κ2) is 5.92. The first kappa shape index (κ1) is 12.9. The van der Waals surface area contributed by atoms with Crippen molar-refractivity contribution in [2.45, 2.75) is 17.1 Å². The van der Waals surface area contributed by atoms with Gasteiger partial charge in [0.2, 0.25) is 0 Å². The Kier molecular flexibility index (Phi) is 3.83. The number of nitrogens with zero attached hydrogens (tertiary/aromatic N) is 3. The van der Waals surface area contributed by atoms with Crippen LogP contribution < -0.4 is 5.32 Å². The molecule has 0 radical (unpaired) electrons. The molecule has 0 fully saturated rings. The first-order chi connectivity index (χ1) is 9.83. The predicted octanol–water partition coefficient (Wildman–Crippen LogP) is 2.95. The van der Waals surface area contributed by atoms with Gasteiger partial charge in [0.25, 0.3) is 0 Å². The van der Waals surface area contributed by atoms with E-state index in [0.29, 0.717) is 10.9 Å². The normalized spacial score (nSPS) is 12.4. The number of fused-ring (bicyclic) bond motifs is 1. The smallest absolute Gasteiger partial charge is 0.182 e. The van der Waals surface area contributed by atoms with Crippen LogP contribution in [0, 0.1) is 0 Å². The number of H-pyrrole nitrogens is 1. The van der Waals surface area contributed by atoms with Crippen molar-refractivity contribution >= 4 is 28.7 Å². The van der Waals surface area contributed by atoms with Gasteiger partial charge in [0.15, 0.2) is 11.5 Å². The number of aromatic amines is 1. The van der Waals surface area contributed by atoms with Crippen LogP contribution >= 0.6 is 11.8 Å². The van der Waals surface area contributed by atoms with Gasteiger partial charge in [-0.25, -0.2) is 15.0 Å². The molecule has 102 valence electrons. The van der Waals surface area contributed by atoms with Crippen molar-refractivity contribution in [3.8, 4) is 0 Å². The quantitative estimate of drug-likeness (QED) is 0.706. The third-order valence-corrected chi connectivity index (χ3v) is 3.97. The number of thioether (sulfide) groups is 1. The average molecular weight is 285 g/mol. The minimum atomic E-state index is 0.435. The minimum absolute atomic E-state index is 0.435. The summed E-state index contributed by atoms with van der Waals surface area (Å²) >= 11 is 1.84. The van der Waals surface area contributed by atoms with E-state index in [1.54, 1.807) is 6.33 Å². The molecule has 1 unspecified atom stereocenters. The molecule has 0 spiro atoms. The van der Waals surface area contributed by atoms with E-state index in [1.165, 1.54) is 11.2 Å². The molecule has 0 aliphatic rings. The SMILES string of the molecule is CC(CNc1ncnc2nc[nH]c12)Sc1ccccc1. The van der Waals surface area contributed by atoms with Gasteiger partial charge in [-0.15, -0.1) is 11.8 Å². The van der Waals surface area contributed by atoms with Gasteiger partial charge < -0.3 is 10.3 Å². The van der Waals surface area contributed by atoms with E-state index in [0.717, 1.165) is 17.9 Å². The molecular formula is C14H15N5S. The molecule has 3 aromatic rings. The lowest BCUT2D eigenvalue weighted by molar-refractivity contribution is 0.986. The highest BCUT2D eigenvalue weighted by molar-refractivity contribution is 8.00. The Balaban J connectivity index is 1.63. The fraction of sp³-hybridized carbons (Fsp3) is 0.214. The predicted molar refractivity (Wildman–Crippen MR) is 81.9 cm³/mol. The fourth-order valence-electron chi connectivity index (χ4n) is 1.91. The lowest BCUT2D eigenvalue weighted by Crippen LogP contribution is -2.14. The zero-order valence-electron chi connectivity index (χ0n) is 11.1. The van der Waals surface area contributed by atoms with Crippen molar-refractivity contribution < 1.29 is 0 Å². The van der Waals surface area contributed by atoms with Crippen LogP contribution in [0.4, 0.5) is 5.82 Å². The zero-order chi connectivity index (χ0) is 13.8. The van der Waals surface area contributed by atoms with E-state index < -0.39 is 0 Å². The van der Waals surface area contributed by atoms with E-state index >= 15 is 0 Å². The van der Waals surface area contributed by atoms with E-state index in [-0.39, 0.29) is 0 Å². The van der Waals surface area contributed by atoms with Crippen molar-refractivity contribution in [2.24, 2.45) is 0 Å². The monoisotopic (exact) mass is 285 g/mol. The maximum absolute atomic E-state index is 4.26. The number of benzene rings is 1. The lowest BCUT2D eigenvalue weighted by Gasteiger charge is -2.12. The molecular weight excluding hydrogens is 270 g/mol. The van der Waals surface area contributed by atoms with Gasteiger partial charge >= 0.3 is 0 Å². The highest BCUT2D eigenvalue weighted by atomic mass is 32.2. The summed E-state index contributed by atoms with van der Waals surface area (Å²) in [6, 6.07) is 10.4. The second-order valence-corrected chi connectivity index (χ2v) is 5.96. The molecule has 1 atom stereocenters. The largest absolute Gasteiger partial charge is 0.367 e.